The largest absolute Gasteiger partial charge is 0.461 e. The van der Waals surface area contributed by atoms with E-state index >= 15 is 0 Å². The number of thiophene rings is 1. The van der Waals surface area contributed by atoms with Crippen LogP contribution >= 0.6 is 34.3 Å². The zero-order valence-electron chi connectivity index (χ0n) is 15.6. The highest BCUT2D eigenvalue weighted by Gasteiger charge is 2.36. The lowest BCUT2D eigenvalue weighted by Gasteiger charge is -2.15. The fraction of sp³-hybridized carbons (Fsp3) is 0.353. The lowest BCUT2D eigenvalue weighted by Crippen LogP contribution is -2.27. The highest BCUT2D eigenvalue weighted by molar-refractivity contribution is 7.17. The van der Waals surface area contributed by atoms with Gasteiger partial charge in [0.15, 0.2) is 24.2 Å². The Hall–Kier alpha value is -2.41. The van der Waals surface area contributed by atoms with E-state index in [9.17, 15) is 9.18 Å². The Kier molecular flexibility index (Phi) is 6.37. The van der Waals surface area contributed by atoms with Crippen molar-refractivity contribution in [1.29, 1.82) is 0 Å². The summed E-state index contributed by atoms with van der Waals surface area (Å²) >= 11 is 8.18. The van der Waals surface area contributed by atoms with Crippen LogP contribution in [0.2, 0.25) is 4.34 Å². The number of hydrogen-bond donors (Lipinski definition) is 1. The molecule has 3 aromatic rings. The van der Waals surface area contributed by atoms with E-state index in [1.54, 1.807) is 35.4 Å². The maximum Gasteiger partial charge on any atom is 0.296 e. The van der Waals surface area contributed by atoms with E-state index in [-0.39, 0.29) is 16.9 Å². The summed E-state index contributed by atoms with van der Waals surface area (Å²) < 4.78 is 25.9. The number of alkyl halides is 1. The fourth-order valence-electron chi connectivity index (χ4n) is 2.92. The molecule has 9 nitrogen and oxygen atoms in total. The third-order valence-corrected chi connectivity index (χ3v) is 6.30. The molecule has 4 heterocycles. The van der Waals surface area contributed by atoms with Crippen molar-refractivity contribution in [2.24, 2.45) is 0 Å². The maximum absolute atomic E-state index is 14.4. The number of anilines is 2. The second kappa shape index (κ2) is 9.16. The molecular weight excluding hydrogens is 455 g/mol. The van der Waals surface area contributed by atoms with E-state index in [2.05, 4.69) is 25.7 Å². The van der Waals surface area contributed by atoms with Crippen molar-refractivity contribution < 1.29 is 18.7 Å². The van der Waals surface area contributed by atoms with E-state index in [0.29, 0.717) is 21.6 Å². The minimum atomic E-state index is -1.23. The van der Waals surface area contributed by atoms with Gasteiger partial charge in [0.05, 0.1) is 17.4 Å². The first kappa shape index (κ1) is 20.8. The molecule has 1 amide bonds. The van der Waals surface area contributed by atoms with Crippen LogP contribution in [0.1, 0.15) is 11.0 Å². The molecule has 4 rings (SSSR count). The number of halogens is 2. The van der Waals surface area contributed by atoms with Crippen molar-refractivity contribution in [3.8, 4) is 5.19 Å². The molecule has 0 radical (unpaired) electrons. The topological polar surface area (TPSA) is 102 Å². The van der Waals surface area contributed by atoms with E-state index in [0.717, 1.165) is 11.3 Å². The molecule has 1 N–H and O–H groups in total. The maximum atomic E-state index is 14.4. The van der Waals surface area contributed by atoms with Crippen molar-refractivity contribution in [2.45, 2.75) is 18.4 Å². The van der Waals surface area contributed by atoms with Crippen LogP contribution < -0.4 is 15.0 Å². The lowest BCUT2D eigenvalue weighted by atomic mass is 10.3. The monoisotopic (exact) mass is 470 g/mol. The van der Waals surface area contributed by atoms with Crippen molar-refractivity contribution in [2.75, 3.05) is 30.4 Å². The third kappa shape index (κ3) is 4.67. The number of carbonyl (C=O) groups excluding carboxylic acids is 1. The van der Waals surface area contributed by atoms with Crippen molar-refractivity contribution in [3.63, 3.8) is 0 Å². The van der Waals surface area contributed by atoms with Gasteiger partial charge in [0.1, 0.15) is 0 Å². The quantitative estimate of drug-likeness (QED) is 0.562. The predicted molar refractivity (Wildman–Crippen MR) is 111 cm³/mol. The van der Waals surface area contributed by atoms with E-state index < -0.39 is 24.3 Å². The number of aromatic nitrogens is 4. The average molecular weight is 471 g/mol. The van der Waals surface area contributed by atoms with Gasteiger partial charge in [-0.25, -0.2) is 4.39 Å². The Bertz CT molecular complexity index is 1010. The van der Waals surface area contributed by atoms with Crippen LogP contribution in [0.25, 0.3) is 0 Å². The first-order valence-electron chi connectivity index (χ1n) is 8.79. The molecule has 0 spiro atoms. The van der Waals surface area contributed by atoms with Crippen LogP contribution in [0.3, 0.4) is 0 Å². The highest BCUT2D eigenvalue weighted by atomic mass is 35.5. The molecule has 0 aromatic carbocycles. The minimum absolute atomic E-state index is 0.144. The number of methoxy groups -OCH3 is 1. The van der Waals surface area contributed by atoms with Crippen LogP contribution in [0.4, 0.5) is 15.3 Å². The highest BCUT2D eigenvalue weighted by Crippen LogP contribution is 2.31. The molecule has 1 aliphatic heterocycles. The summed E-state index contributed by atoms with van der Waals surface area (Å²) in [6.07, 6.45) is -1.24. The molecule has 1 fully saturated rings. The molecule has 30 heavy (non-hydrogen) atoms. The summed E-state index contributed by atoms with van der Waals surface area (Å²) in [5.74, 6) is 0.160. The summed E-state index contributed by atoms with van der Waals surface area (Å²) in [5, 5.41) is 18.6. The smallest absolute Gasteiger partial charge is 0.296 e. The molecule has 3 atom stereocenters. The molecular formula is C17H16ClFN6O3S2. The van der Waals surface area contributed by atoms with Gasteiger partial charge in [-0.05, 0) is 35.6 Å². The molecule has 1 saturated heterocycles. The zero-order chi connectivity index (χ0) is 21.1. The summed E-state index contributed by atoms with van der Waals surface area (Å²) in [5.41, 5.74) is 0. The Balaban J connectivity index is 1.36. The van der Waals surface area contributed by atoms with Gasteiger partial charge in [0, 0.05) is 18.2 Å². The van der Waals surface area contributed by atoms with Gasteiger partial charge in [-0.2, -0.15) is 5.10 Å². The van der Waals surface area contributed by atoms with Gasteiger partial charge in [0.25, 0.3) is 11.1 Å². The van der Waals surface area contributed by atoms with Crippen LogP contribution in [0.15, 0.2) is 30.5 Å². The minimum Gasteiger partial charge on any atom is -0.461 e. The lowest BCUT2D eigenvalue weighted by molar-refractivity contribution is -0.125. The number of hydrogen-bond acceptors (Lipinski definition) is 10. The van der Waals surface area contributed by atoms with Crippen LogP contribution in [0, 0.1) is 0 Å². The average Bonchev–Trinajstić information content (AvgIpc) is 3.45. The molecule has 0 bridgehead atoms. The Labute approximate surface area is 183 Å². The van der Waals surface area contributed by atoms with Crippen LogP contribution in [-0.2, 0) is 9.53 Å². The Morgan fingerprint density at radius 2 is 2.17 bits per heavy atom. The van der Waals surface area contributed by atoms with Gasteiger partial charge >= 0.3 is 0 Å². The normalized spacial score (nSPS) is 19.6. The van der Waals surface area contributed by atoms with Gasteiger partial charge in [-0.15, -0.1) is 21.5 Å². The second-order valence-corrected chi connectivity index (χ2v) is 8.97. The Morgan fingerprint density at radius 3 is 2.87 bits per heavy atom. The van der Waals surface area contributed by atoms with E-state index in [4.69, 9.17) is 21.1 Å². The van der Waals surface area contributed by atoms with Gasteiger partial charge in [0.2, 0.25) is 5.13 Å². The van der Waals surface area contributed by atoms with Gasteiger partial charge < -0.3 is 14.4 Å². The number of ether oxygens (including phenoxy) is 2. The van der Waals surface area contributed by atoms with Gasteiger partial charge in [-0.1, -0.05) is 16.7 Å². The molecule has 0 saturated carbocycles. The fourth-order valence-corrected chi connectivity index (χ4v) is 4.71. The zero-order valence-corrected chi connectivity index (χ0v) is 18.0. The number of amides is 1. The summed E-state index contributed by atoms with van der Waals surface area (Å²) in [7, 11) is 1.43. The molecule has 1 aliphatic rings. The number of nitrogens with one attached hydrogen (secondary N) is 1. The first-order valence-corrected chi connectivity index (χ1v) is 10.8. The predicted octanol–water partition coefficient (Wildman–Crippen LogP) is 2.97. The van der Waals surface area contributed by atoms with Crippen molar-refractivity contribution in [1.82, 2.24) is 20.4 Å². The van der Waals surface area contributed by atoms with E-state index in [1.165, 1.54) is 18.4 Å². The number of rotatable bonds is 7. The standard InChI is InChI=1S/C17H16ClFN6O3S2/c1-27-14(11-4-5-12(18)29-11)15(26)21-16-23-24-17(30-16)28-10-8-25(7-9(10)19)13-3-2-6-20-22-13/h2-6,9-10,14H,7-8H2,1H3,(H,21,23,26)/t9-,10-,14+/m0/s1. The first-order chi connectivity index (χ1) is 14.5. The van der Waals surface area contributed by atoms with Crippen LogP contribution in [0.5, 0.6) is 5.19 Å². The van der Waals surface area contributed by atoms with E-state index in [1.807, 2.05) is 0 Å². The second-order valence-electron chi connectivity index (χ2n) is 6.28. The number of nitrogens with zero attached hydrogens (tertiary/aromatic N) is 5. The van der Waals surface area contributed by atoms with Crippen molar-refractivity contribution in [3.05, 3.63) is 39.7 Å². The number of carbonyl (C=O) groups is 1. The molecule has 0 unspecified atom stereocenters. The summed E-state index contributed by atoms with van der Waals surface area (Å²) in [6.45, 7) is 0.441. The molecule has 0 aliphatic carbocycles. The van der Waals surface area contributed by atoms with Crippen LogP contribution in [-0.4, -0.2) is 58.8 Å². The SMILES string of the molecule is CO[C@@H](C(=O)Nc1nnc(O[C@H]2CN(c3cccnn3)C[C@@H]2F)s1)c1ccc(Cl)s1. The molecule has 13 heteroatoms. The molecule has 3 aromatic heterocycles. The van der Waals surface area contributed by atoms with Gasteiger partial charge in [-0.3, -0.25) is 10.1 Å². The Morgan fingerprint density at radius 1 is 1.30 bits per heavy atom. The summed E-state index contributed by atoms with van der Waals surface area (Å²) in [4.78, 5) is 14.9. The molecule has 158 valence electrons. The summed E-state index contributed by atoms with van der Waals surface area (Å²) in [6, 6.07) is 6.91. The van der Waals surface area contributed by atoms with Crippen molar-refractivity contribution >= 4 is 51.1 Å². The third-order valence-electron chi connectivity index (χ3n) is 4.30.